The lowest BCUT2D eigenvalue weighted by Crippen LogP contribution is -2.42. The molecule has 0 aliphatic rings. The molecule has 0 spiro atoms. The van der Waals surface area contributed by atoms with E-state index in [2.05, 4.69) is 24.5 Å². The maximum Gasteiger partial charge on any atom is 0.0212 e. The highest BCUT2D eigenvalue weighted by Gasteiger charge is 2.08. The third kappa shape index (κ3) is 2.82. The molecule has 2 N–H and O–H groups in total. The van der Waals surface area contributed by atoms with Crippen LogP contribution in [0.5, 0.6) is 0 Å². The third-order valence-corrected chi connectivity index (χ3v) is 1.87. The zero-order valence-electron chi connectivity index (χ0n) is 6.86. The highest BCUT2D eigenvalue weighted by molar-refractivity contribution is 4.73. The van der Waals surface area contributed by atoms with Crippen LogP contribution in [0.3, 0.4) is 0 Å². The predicted octanol–water partition coefficient (Wildman–Crippen LogP) is 0.592. The summed E-state index contributed by atoms with van der Waals surface area (Å²) in [7, 11) is 3.99. The molecule has 2 unspecified atom stereocenters. The zero-order chi connectivity index (χ0) is 7.28. The van der Waals surface area contributed by atoms with Gasteiger partial charge < -0.3 is 10.6 Å². The van der Waals surface area contributed by atoms with Crippen LogP contribution in [-0.2, 0) is 0 Å². The molecule has 56 valence electrons. The van der Waals surface area contributed by atoms with Gasteiger partial charge in [-0.05, 0) is 27.4 Å². The van der Waals surface area contributed by atoms with E-state index in [0.29, 0.717) is 12.1 Å². The summed E-state index contributed by atoms with van der Waals surface area (Å²) < 4.78 is 0. The molecular formula is C7H18N2. The van der Waals surface area contributed by atoms with Gasteiger partial charge in [0.05, 0.1) is 0 Å². The second-order valence-corrected chi connectivity index (χ2v) is 2.38. The molecule has 2 atom stereocenters. The van der Waals surface area contributed by atoms with E-state index in [0.717, 1.165) is 0 Å². The molecule has 0 saturated carbocycles. The lowest BCUT2D eigenvalue weighted by molar-refractivity contribution is 0.422. The molecule has 0 fully saturated rings. The van der Waals surface area contributed by atoms with Crippen LogP contribution >= 0.6 is 0 Å². The lowest BCUT2D eigenvalue weighted by Gasteiger charge is -2.20. The molecule has 0 bridgehead atoms. The molecule has 0 radical (unpaired) electrons. The first-order valence-corrected chi connectivity index (χ1v) is 3.60. The van der Waals surface area contributed by atoms with Gasteiger partial charge >= 0.3 is 0 Å². The van der Waals surface area contributed by atoms with Gasteiger partial charge in [0.2, 0.25) is 0 Å². The fourth-order valence-electron chi connectivity index (χ4n) is 1.01. The quantitative estimate of drug-likeness (QED) is 0.582. The summed E-state index contributed by atoms with van der Waals surface area (Å²) in [6.45, 7) is 4.37. The maximum atomic E-state index is 3.24. The Kier molecular flexibility index (Phi) is 4.72. The minimum Gasteiger partial charge on any atom is -0.316 e. The van der Waals surface area contributed by atoms with Gasteiger partial charge in [0.25, 0.3) is 0 Å². The molecule has 0 saturated heterocycles. The lowest BCUT2D eigenvalue weighted by atomic mass is 10.1. The standard InChI is InChI=1S/C7H18N2/c1-5-7(9-4)6(2)8-3/h6-9H,5H2,1-4H3. The van der Waals surface area contributed by atoms with Crippen LogP contribution in [0.2, 0.25) is 0 Å². The first-order valence-electron chi connectivity index (χ1n) is 3.60. The van der Waals surface area contributed by atoms with E-state index in [1.54, 1.807) is 0 Å². The molecule has 2 nitrogen and oxygen atoms in total. The second-order valence-electron chi connectivity index (χ2n) is 2.38. The van der Waals surface area contributed by atoms with Crippen LogP contribution in [0.1, 0.15) is 20.3 Å². The molecule has 0 aromatic rings. The monoisotopic (exact) mass is 130 g/mol. The van der Waals surface area contributed by atoms with E-state index >= 15 is 0 Å². The van der Waals surface area contributed by atoms with E-state index in [1.165, 1.54) is 6.42 Å². The summed E-state index contributed by atoms with van der Waals surface area (Å²) in [6, 6.07) is 1.18. The molecule has 0 aliphatic heterocycles. The topological polar surface area (TPSA) is 24.1 Å². The smallest absolute Gasteiger partial charge is 0.0212 e. The van der Waals surface area contributed by atoms with Crippen LogP contribution in [0.25, 0.3) is 0 Å². The zero-order valence-corrected chi connectivity index (χ0v) is 6.86. The van der Waals surface area contributed by atoms with Gasteiger partial charge in [-0.15, -0.1) is 0 Å². The van der Waals surface area contributed by atoms with E-state index < -0.39 is 0 Å². The third-order valence-electron chi connectivity index (χ3n) is 1.87. The van der Waals surface area contributed by atoms with Crippen molar-refractivity contribution in [2.45, 2.75) is 32.4 Å². The molecule has 0 amide bonds. The van der Waals surface area contributed by atoms with Gasteiger partial charge in [-0.1, -0.05) is 6.92 Å². The Bertz CT molecular complexity index is 59.9. The minimum absolute atomic E-state index is 0.569. The fraction of sp³-hybridized carbons (Fsp3) is 1.00. The Morgan fingerprint density at radius 2 is 1.78 bits per heavy atom. The molecule has 0 aromatic carbocycles. The highest BCUT2D eigenvalue weighted by Crippen LogP contribution is 1.95. The van der Waals surface area contributed by atoms with Gasteiger partial charge in [-0.3, -0.25) is 0 Å². The average Bonchev–Trinajstić information content (AvgIpc) is 1.90. The normalized spacial score (nSPS) is 17.3. The second kappa shape index (κ2) is 4.77. The molecule has 0 aromatic heterocycles. The van der Waals surface area contributed by atoms with Crippen LogP contribution in [0.15, 0.2) is 0 Å². The minimum atomic E-state index is 0.569. The Labute approximate surface area is 58.0 Å². The van der Waals surface area contributed by atoms with Crippen LogP contribution in [0.4, 0.5) is 0 Å². The molecule has 0 rings (SSSR count). The van der Waals surface area contributed by atoms with Crippen molar-refractivity contribution in [3.63, 3.8) is 0 Å². The first kappa shape index (κ1) is 8.92. The SMILES string of the molecule is CCC(NC)C(C)NC. The first-order chi connectivity index (χ1) is 4.26. The van der Waals surface area contributed by atoms with Crippen molar-refractivity contribution in [2.24, 2.45) is 0 Å². The highest BCUT2D eigenvalue weighted by atomic mass is 15.0. The van der Waals surface area contributed by atoms with Crippen molar-refractivity contribution in [3.05, 3.63) is 0 Å². The fourth-order valence-corrected chi connectivity index (χ4v) is 1.01. The molecule has 0 aliphatic carbocycles. The molecular weight excluding hydrogens is 112 g/mol. The number of hydrogen-bond donors (Lipinski definition) is 2. The summed E-state index contributed by atoms with van der Waals surface area (Å²) in [4.78, 5) is 0. The van der Waals surface area contributed by atoms with Crippen molar-refractivity contribution < 1.29 is 0 Å². The van der Waals surface area contributed by atoms with Crippen molar-refractivity contribution in [1.29, 1.82) is 0 Å². The van der Waals surface area contributed by atoms with Crippen LogP contribution in [0, 0.1) is 0 Å². The number of nitrogens with one attached hydrogen (secondary N) is 2. The van der Waals surface area contributed by atoms with Crippen molar-refractivity contribution in [2.75, 3.05) is 14.1 Å². The number of likely N-dealkylation sites (N-methyl/N-ethyl adjacent to an activating group) is 2. The average molecular weight is 130 g/mol. The Hall–Kier alpha value is -0.0800. The number of hydrogen-bond acceptors (Lipinski definition) is 2. The number of rotatable bonds is 4. The van der Waals surface area contributed by atoms with E-state index in [4.69, 9.17) is 0 Å². The van der Waals surface area contributed by atoms with Gasteiger partial charge in [-0.2, -0.15) is 0 Å². The summed E-state index contributed by atoms with van der Waals surface area (Å²) >= 11 is 0. The Morgan fingerprint density at radius 3 is 1.89 bits per heavy atom. The van der Waals surface area contributed by atoms with E-state index in [9.17, 15) is 0 Å². The Balaban J connectivity index is 3.50. The summed E-state index contributed by atoms with van der Waals surface area (Å²) in [5.74, 6) is 0. The summed E-state index contributed by atoms with van der Waals surface area (Å²) in [5.41, 5.74) is 0. The van der Waals surface area contributed by atoms with E-state index in [1.807, 2.05) is 14.1 Å². The van der Waals surface area contributed by atoms with Gasteiger partial charge in [0.15, 0.2) is 0 Å². The van der Waals surface area contributed by atoms with Crippen molar-refractivity contribution in [3.8, 4) is 0 Å². The molecule has 9 heavy (non-hydrogen) atoms. The maximum absolute atomic E-state index is 3.24. The summed E-state index contributed by atoms with van der Waals surface area (Å²) in [6.07, 6.45) is 1.18. The predicted molar refractivity (Wildman–Crippen MR) is 41.7 cm³/mol. The van der Waals surface area contributed by atoms with E-state index in [-0.39, 0.29) is 0 Å². The van der Waals surface area contributed by atoms with Crippen molar-refractivity contribution >= 4 is 0 Å². The Morgan fingerprint density at radius 1 is 1.22 bits per heavy atom. The molecule has 2 heteroatoms. The summed E-state index contributed by atoms with van der Waals surface area (Å²) in [5, 5.41) is 6.44. The van der Waals surface area contributed by atoms with Gasteiger partial charge in [0.1, 0.15) is 0 Å². The molecule has 0 heterocycles. The van der Waals surface area contributed by atoms with Crippen LogP contribution < -0.4 is 10.6 Å². The largest absolute Gasteiger partial charge is 0.316 e. The van der Waals surface area contributed by atoms with Crippen LogP contribution in [-0.4, -0.2) is 26.2 Å². The van der Waals surface area contributed by atoms with Crippen molar-refractivity contribution in [1.82, 2.24) is 10.6 Å². The van der Waals surface area contributed by atoms with Gasteiger partial charge in [-0.25, -0.2) is 0 Å². The van der Waals surface area contributed by atoms with Gasteiger partial charge in [0, 0.05) is 12.1 Å².